The summed E-state index contributed by atoms with van der Waals surface area (Å²) in [6.07, 6.45) is 4.11. The van der Waals surface area contributed by atoms with E-state index in [1.165, 1.54) is 17.5 Å². The van der Waals surface area contributed by atoms with Gasteiger partial charge in [0.15, 0.2) is 0 Å². The molecule has 0 heterocycles. The van der Waals surface area contributed by atoms with Crippen LogP contribution >= 0.6 is 0 Å². The van der Waals surface area contributed by atoms with Gasteiger partial charge in [-0.2, -0.15) is 0 Å². The molecule has 18 heavy (non-hydrogen) atoms. The summed E-state index contributed by atoms with van der Waals surface area (Å²) in [4.78, 5) is 11.1. The van der Waals surface area contributed by atoms with Crippen molar-refractivity contribution in [2.45, 2.75) is 39.5 Å². The maximum absolute atomic E-state index is 11.1. The largest absolute Gasteiger partial charge is 0.462 e. The number of esters is 1. The van der Waals surface area contributed by atoms with Crippen LogP contribution in [-0.4, -0.2) is 12.6 Å². The van der Waals surface area contributed by atoms with Crippen molar-refractivity contribution in [1.82, 2.24) is 0 Å². The zero-order valence-electron chi connectivity index (χ0n) is 11.4. The summed E-state index contributed by atoms with van der Waals surface area (Å²) in [6.45, 7) is 7.85. The molecule has 0 bridgehead atoms. The van der Waals surface area contributed by atoms with E-state index in [0.717, 1.165) is 19.3 Å². The average molecular weight is 246 g/mol. The van der Waals surface area contributed by atoms with Crippen molar-refractivity contribution in [2.75, 3.05) is 6.61 Å². The summed E-state index contributed by atoms with van der Waals surface area (Å²) < 4.78 is 5.05. The normalized spacial score (nSPS) is 10.1. The summed E-state index contributed by atoms with van der Waals surface area (Å²) in [5, 5.41) is 0. The third-order valence-electron chi connectivity index (χ3n) is 2.75. The third-order valence-corrected chi connectivity index (χ3v) is 2.75. The van der Waals surface area contributed by atoms with Crippen LogP contribution in [0.4, 0.5) is 0 Å². The summed E-state index contributed by atoms with van der Waals surface area (Å²) in [6, 6.07) is 8.68. The quantitative estimate of drug-likeness (QED) is 0.416. The van der Waals surface area contributed by atoms with Crippen LogP contribution in [0.15, 0.2) is 36.4 Å². The van der Waals surface area contributed by atoms with Crippen molar-refractivity contribution < 1.29 is 9.53 Å². The van der Waals surface area contributed by atoms with Gasteiger partial charge in [0, 0.05) is 5.57 Å². The SMILES string of the molecule is C=C(C)C(=O)OCCCc1ccc(CCC)cc1. The molecule has 2 nitrogen and oxygen atoms in total. The maximum atomic E-state index is 11.1. The Kier molecular flexibility index (Phi) is 6.20. The second-order valence-corrected chi connectivity index (χ2v) is 4.59. The summed E-state index contributed by atoms with van der Waals surface area (Å²) in [7, 11) is 0. The molecule has 0 atom stereocenters. The molecule has 0 fully saturated rings. The lowest BCUT2D eigenvalue weighted by atomic mass is 10.1. The monoisotopic (exact) mass is 246 g/mol. The fraction of sp³-hybridized carbons (Fsp3) is 0.438. The van der Waals surface area contributed by atoms with E-state index < -0.39 is 0 Å². The van der Waals surface area contributed by atoms with Gasteiger partial charge in [-0.1, -0.05) is 44.2 Å². The van der Waals surface area contributed by atoms with Crippen molar-refractivity contribution in [1.29, 1.82) is 0 Å². The molecule has 98 valence electrons. The van der Waals surface area contributed by atoms with Gasteiger partial charge in [0.2, 0.25) is 0 Å². The first kappa shape index (κ1) is 14.5. The van der Waals surface area contributed by atoms with Crippen molar-refractivity contribution in [3.05, 3.63) is 47.5 Å². The van der Waals surface area contributed by atoms with Crippen LogP contribution in [0.3, 0.4) is 0 Å². The smallest absolute Gasteiger partial charge is 0.333 e. The molecule has 0 unspecified atom stereocenters. The molecule has 0 aliphatic heterocycles. The molecule has 2 heteroatoms. The van der Waals surface area contributed by atoms with E-state index in [2.05, 4.69) is 37.8 Å². The Balaban J connectivity index is 2.27. The van der Waals surface area contributed by atoms with Gasteiger partial charge in [-0.25, -0.2) is 4.79 Å². The highest BCUT2D eigenvalue weighted by Crippen LogP contribution is 2.08. The van der Waals surface area contributed by atoms with Crippen LogP contribution in [0.1, 0.15) is 37.8 Å². The lowest BCUT2D eigenvalue weighted by Gasteiger charge is -2.05. The third kappa shape index (κ3) is 5.17. The van der Waals surface area contributed by atoms with Crippen LogP contribution in [0.2, 0.25) is 0 Å². The van der Waals surface area contributed by atoms with Crippen LogP contribution in [0.25, 0.3) is 0 Å². The number of rotatable bonds is 7. The van der Waals surface area contributed by atoms with Crippen LogP contribution in [0.5, 0.6) is 0 Å². The van der Waals surface area contributed by atoms with Gasteiger partial charge in [-0.05, 0) is 37.3 Å². The lowest BCUT2D eigenvalue weighted by molar-refractivity contribution is -0.139. The molecule has 1 aromatic carbocycles. The van der Waals surface area contributed by atoms with Gasteiger partial charge < -0.3 is 4.74 Å². The molecule has 0 aliphatic carbocycles. The Morgan fingerprint density at radius 2 is 1.72 bits per heavy atom. The van der Waals surface area contributed by atoms with Crippen LogP contribution in [0, 0.1) is 0 Å². The van der Waals surface area contributed by atoms with E-state index in [1.54, 1.807) is 6.92 Å². The van der Waals surface area contributed by atoms with Crippen molar-refractivity contribution in [3.63, 3.8) is 0 Å². The second kappa shape index (κ2) is 7.70. The minimum absolute atomic E-state index is 0.298. The zero-order valence-corrected chi connectivity index (χ0v) is 11.4. The standard InChI is InChI=1S/C16H22O2/c1-4-6-14-8-10-15(11-9-14)7-5-12-18-16(17)13(2)3/h8-11H,2,4-7,12H2,1,3H3. The minimum atomic E-state index is -0.298. The Bertz CT molecular complexity index is 390. The van der Waals surface area contributed by atoms with Gasteiger partial charge >= 0.3 is 5.97 Å². The Morgan fingerprint density at radius 3 is 2.22 bits per heavy atom. The molecule has 0 N–H and O–H groups in total. The summed E-state index contributed by atoms with van der Waals surface area (Å²) in [5.41, 5.74) is 3.13. The van der Waals surface area contributed by atoms with E-state index in [9.17, 15) is 4.79 Å². The first-order chi connectivity index (χ1) is 8.63. The lowest BCUT2D eigenvalue weighted by Crippen LogP contribution is -2.06. The molecule has 0 saturated heterocycles. The highest BCUT2D eigenvalue weighted by molar-refractivity contribution is 5.86. The number of benzene rings is 1. The first-order valence-electron chi connectivity index (χ1n) is 6.54. The highest BCUT2D eigenvalue weighted by Gasteiger charge is 2.02. The fourth-order valence-electron chi connectivity index (χ4n) is 1.73. The van der Waals surface area contributed by atoms with Gasteiger partial charge in [-0.3, -0.25) is 0 Å². The van der Waals surface area contributed by atoms with Gasteiger partial charge in [0.25, 0.3) is 0 Å². The average Bonchev–Trinajstić information content (AvgIpc) is 2.36. The molecule has 1 aromatic rings. The molecule has 0 amide bonds. The second-order valence-electron chi connectivity index (χ2n) is 4.59. The first-order valence-corrected chi connectivity index (χ1v) is 6.54. The predicted octanol–water partition coefficient (Wildman–Crippen LogP) is 3.69. The fourth-order valence-corrected chi connectivity index (χ4v) is 1.73. The molecule has 0 aliphatic rings. The number of ether oxygens (including phenoxy) is 1. The summed E-state index contributed by atoms with van der Waals surface area (Å²) >= 11 is 0. The van der Waals surface area contributed by atoms with Crippen molar-refractivity contribution in [3.8, 4) is 0 Å². The number of aryl methyl sites for hydroxylation is 2. The topological polar surface area (TPSA) is 26.3 Å². The Morgan fingerprint density at radius 1 is 1.17 bits per heavy atom. The van der Waals surface area contributed by atoms with E-state index in [1.807, 2.05) is 0 Å². The number of carbonyl (C=O) groups is 1. The van der Waals surface area contributed by atoms with Crippen LogP contribution < -0.4 is 0 Å². The molecular weight excluding hydrogens is 224 g/mol. The van der Waals surface area contributed by atoms with Crippen molar-refractivity contribution in [2.24, 2.45) is 0 Å². The molecule has 0 radical (unpaired) electrons. The predicted molar refractivity (Wildman–Crippen MR) is 74.5 cm³/mol. The Hall–Kier alpha value is -1.57. The molecule has 0 spiro atoms. The molecule has 0 aromatic heterocycles. The maximum Gasteiger partial charge on any atom is 0.333 e. The van der Waals surface area contributed by atoms with E-state index >= 15 is 0 Å². The summed E-state index contributed by atoms with van der Waals surface area (Å²) in [5.74, 6) is -0.298. The molecule has 0 saturated carbocycles. The van der Waals surface area contributed by atoms with Gasteiger partial charge in [-0.15, -0.1) is 0 Å². The van der Waals surface area contributed by atoms with E-state index in [0.29, 0.717) is 12.2 Å². The number of hydrogen-bond acceptors (Lipinski definition) is 2. The van der Waals surface area contributed by atoms with Crippen molar-refractivity contribution >= 4 is 5.97 Å². The van der Waals surface area contributed by atoms with Crippen LogP contribution in [-0.2, 0) is 22.4 Å². The Labute approximate surface area is 110 Å². The van der Waals surface area contributed by atoms with Gasteiger partial charge in [0.05, 0.1) is 6.61 Å². The van der Waals surface area contributed by atoms with Gasteiger partial charge in [0.1, 0.15) is 0 Å². The molecular formula is C16H22O2. The van der Waals surface area contributed by atoms with E-state index in [4.69, 9.17) is 4.74 Å². The zero-order chi connectivity index (χ0) is 13.4. The number of hydrogen-bond donors (Lipinski definition) is 0. The molecule has 1 rings (SSSR count). The number of carbonyl (C=O) groups excluding carboxylic acids is 1. The minimum Gasteiger partial charge on any atom is -0.462 e. The highest BCUT2D eigenvalue weighted by atomic mass is 16.5. The van der Waals surface area contributed by atoms with E-state index in [-0.39, 0.29) is 5.97 Å².